The number of sulfonamides is 1. The molecule has 38 heavy (non-hydrogen) atoms. The van der Waals surface area contributed by atoms with Gasteiger partial charge in [-0.15, -0.1) is 0 Å². The fourth-order valence-electron chi connectivity index (χ4n) is 4.05. The molecule has 0 spiro atoms. The molecule has 1 heterocycles. The predicted molar refractivity (Wildman–Crippen MR) is 150 cm³/mol. The number of methoxy groups -OCH3 is 1. The monoisotopic (exact) mass is 550 g/mol. The zero-order valence-corrected chi connectivity index (χ0v) is 22.7. The van der Waals surface area contributed by atoms with Gasteiger partial charge in [0.25, 0.3) is 15.9 Å². The quantitative estimate of drug-likeness (QED) is 0.232. The van der Waals surface area contributed by atoms with E-state index in [0.29, 0.717) is 16.5 Å². The van der Waals surface area contributed by atoms with Crippen LogP contribution in [0.5, 0.6) is 5.75 Å². The number of anilines is 1. The summed E-state index contributed by atoms with van der Waals surface area (Å²) in [6, 6.07) is 23.8. The van der Waals surface area contributed by atoms with Crippen LogP contribution >= 0.6 is 11.6 Å². The molecule has 0 radical (unpaired) electrons. The number of ether oxygens (including phenoxy) is 1. The summed E-state index contributed by atoms with van der Waals surface area (Å²) in [5, 5.41) is 4.72. The van der Waals surface area contributed by atoms with Gasteiger partial charge in [0.15, 0.2) is 0 Å². The molecule has 1 amide bonds. The Labute approximate surface area is 227 Å². The van der Waals surface area contributed by atoms with E-state index in [0.717, 1.165) is 26.9 Å². The largest absolute Gasteiger partial charge is 0.497 e. The number of carbonyl (C=O) groups is 1. The maximum atomic E-state index is 13.4. The second kappa shape index (κ2) is 11.5. The number of halogens is 1. The van der Waals surface area contributed by atoms with Crippen molar-refractivity contribution in [2.75, 3.05) is 18.0 Å². The third-order valence-corrected chi connectivity index (χ3v) is 7.93. The zero-order chi connectivity index (χ0) is 27.3. The average Bonchev–Trinajstić information content (AvgIpc) is 3.20. The predicted octanol–water partition coefficient (Wildman–Crippen LogP) is 5.10. The van der Waals surface area contributed by atoms with E-state index in [4.69, 9.17) is 16.3 Å². The molecule has 10 heteroatoms. The van der Waals surface area contributed by atoms with Crippen molar-refractivity contribution in [2.45, 2.75) is 18.7 Å². The highest BCUT2D eigenvalue weighted by Gasteiger charge is 2.27. The SMILES string of the molecule is COc1ccc(N(CC(=O)N/N=C\c2cc(C)n(-c3cccc(Cl)c3)c2C)S(=O)(=O)c2ccccc2)cc1. The van der Waals surface area contributed by atoms with Gasteiger partial charge in [0.1, 0.15) is 12.3 Å². The number of nitrogens with one attached hydrogen (secondary N) is 1. The lowest BCUT2D eigenvalue weighted by molar-refractivity contribution is -0.119. The molecule has 4 rings (SSSR count). The van der Waals surface area contributed by atoms with E-state index in [-0.39, 0.29) is 4.90 Å². The van der Waals surface area contributed by atoms with E-state index < -0.39 is 22.5 Å². The van der Waals surface area contributed by atoms with Gasteiger partial charge >= 0.3 is 0 Å². The Morgan fingerprint density at radius 2 is 1.74 bits per heavy atom. The highest BCUT2D eigenvalue weighted by molar-refractivity contribution is 7.92. The topological polar surface area (TPSA) is 93.0 Å². The summed E-state index contributed by atoms with van der Waals surface area (Å²) in [6.07, 6.45) is 1.53. The van der Waals surface area contributed by atoms with Crippen LogP contribution in [0.15, 0.2) is 94.9 Å². The van der Waals surface area contributed by atoms with Gasteiger partial charge in [0.2, 0.25) is 0 Å². The molecule has 0 saturated carbocycles. The van der Waals surface area contributed by atoms with Crippen molar-refractivity contribution in [3.8, 4) is 11.4 Å². The summed E-state index contributed by atoms with van der Waals surface area (Å²) in [5.41, 5.74) is 6.36. The van der Waals surface area contributed by atoms with Crippen molar-refractivity contribution >= 4 is 39.4 Å². The number of aromatic nitrogens is 1. The molecule has 0 saturated heterocycles. The molecular formula is C28H27ClN4O4S. The van der Waals surface area contributed by atoms with E-state index in [1.165, 1.54) is 25.5 Å². The molecule has 0 atom stereocenters. The first-order valence-electron chi connectivity index (χ1n) is 11.7. The van der Waals surface area contributed by atoms with Crippen LogP contribution in [-0.4, -0.2) is 38.8 Å². The van der Waals surface area contributed by atoms with Crippen LogP contribution in [-0.2, 0) is 14.8 Å². The van der Waals surface area contributed by atoms with Crippen LogP contribution in [0.4, 0.5) is 5.69 Å². The molecule has 3 aromatic carbocycles. The van der Waals surface area contributed by atoms with Gasteiger partial charge in [0, 0.05) is 27.7 Å². The Morgan fingerprint density at radius 3 is 2.39 bits per heavy atom. The second-order valence-corrected chi connectivity index (χ2v) is 10.8. The van der Waals surface area contributed by atoms with Crippen LogP contribution < -0.4 is 14.5 Å². The van der Waals surface area contributed by atoms with Gasteiger partial charge in [-0.2, -0.15) is 5.10 Å². The van der Waals surface area contributed by atoms with Crippen molar-refractivity contribution in [2.24, 2.45) is 5.10 Å². The van der Waals surface area contributed by atoms with Crippen molar-refractivity contribution in [3.63, 3.8) is 0 Å². The maximum Gasteiger partial charge on any atom is 0.264 e. The fourth-order valence-corrected chi connectivity index (χ4v) is 5.68. The number of hydrazone groups is 1. The number of amides is 1. The number of nitrogens with zero attached hydrogens (tertiary/aromatic N) is 3. The van der Waals surface area contributed by atoms with E-state index >= 15 is 0 Å². The first-order valence-corrected chi connectivity index (χ1v) is 13.5. The van der Waals surface area contributed by atoms with Gasteiger partial charge in [-0.1, -0.05) is 35.9 Å². The summed E-state index contributed by atoms with van der Waals surface area (Å²) >= 11 is 6.16. The van der Waals surface area contributed by atoms with Crippen LogP contribution in [0, 0.1) is 13.8 Å². The van der Waals surface area contributed by atoms with Gasteiger partial charge in [0.05, 0.1) is 23.9 Å². The van der Waals surface area contributed by atoms with Crippen molar-refractivity contribution < 1.29 is 17.9 Å². The highest BCUT2D eigenvalue weighted by Crippen LogP contribution is 2.26. The summed E-state index contributed by atoms with van der Waals surface area (Å²) in [6.45, 7) is 3.43. The summed E-state index contributed by atoms with van der Waals surface area (Å²) in [4.78, 5) is 12.9. The molecule has 0 aliphatic carbocycles. The van der Waals surface area contributed by atoms with Crippen LogP contribution in [0.25, 0.3) is 5.69 Å². The Hall–Kier alpha value is -4.08. The Bertz CT molecular complexity index is 1570. The zero-order valence-electron chi connectivity index (χ0n) is 21.1. The molecule has 196 valence electrons. The average molecular weight is 551 g/mol. The summed E-state index contributed by atoms with van der Waals surface area (Å²) in [7, 11) is -2.50. The normalized spacial score (nSPS) is 11.5. The first-order chi connectivity index (χ1) is 18.2. The molecule has 1 aromatic heterocycles. The van der Waals surface area contributed by atoms with Crippen molar-refractivity contribution in [1.82, 2.24) is 9.99 Å². The van der Waals surface area contributed by atoms with Gasteiger partial charge < -0.3 is 9.30 Å². The van der Waals surface area contributed by atoms with E-state index in [2.05, 4.69) is 10.5 Å². The summed E-state index contributed by atoms with van der Waals surface area (Å²) in [5.74, 6) is -0.0320. The van der Waals surface area contributed by atoms with Gasteiger partial charge in [-0.05, 0) is 74.5 Å². The number of hydrogen-bond donors (Lipinski definition) is 1. The Kier molecular flexibility index (Phi) is 8.19. The minimum absolute atomic E-state index is 0.0700. The van der Waals surface area contributed by atoms with Crippen LogP contribution in [0.2, 0.25) is 5.02 Å². The molecule has 4 aromatic rings. The van der Waals surface area contributed by atoms with Crippen molar-refractivity contribution in [3.05, 3.63) is 107 Å². The molecular weight excluding hydrogens is 524 g/mol. The fraction of sp³-hybridized carbons (Fsp3) is 0.143. The number of carbonyl (C=O) groups excluding carboxylic acids is 1. The number of benzene rings is 3. The number of rotatable bonds is 9. The standard InChI is InChI=1S/C28H27ClN4O4S/c1-20-16-22(21(2)33(20)25-9-7-8-23(29)17-25)18-30-31-28(34)19-32(24-12-14-26(37-3)15-13-24)38(35,36)27-10-5-4-6-11-27/h4-18H,19H2,1-3H3,(H,31,34)/b30-18-. The molecule has 0 fully saturated rings. The molecule has 0 unspecified atom stereocenters. The lowest BCUT2D eigenvalue weighted by atomic mass is 10.2. The number of aryl methyl sites for hydroxylation is 1. The molecule has 8 nitrogen and oxygen atoms in total. The molecule has 0 bridgehead atoms. The minimum Gasteiger partial charge on any atom is -0.497 e. The third kappa shape index (κ3) is 5.90. The Balaban J connectivity index is 1.55. The highest BCUT2D eigenvalue weighted by atomic mass is 35.5. The minimum atomic E-state index is -4.02. The molecule has 1 N–H and O–H groups in total. The van der Waals surface area contributed by atoms with E-state index in [9.17, 15) is 13.2 Å². The van der Waals surface area contributed by atoms with Crippen LogP contribution in [0.3, 0.4) is 0 Å². The molecule has 0 aliphatic heterocycles. The molecule has 0 aliphatic rings. The summed E-state index contributed by atoms with van der Waals surface area (Å²) < 4.78 is 35.1. The lowest BCUT2D eigenvalue weighted by Crippen LogP contribution is -2.39. The lowest BCUT2D eigenvalue weighted by Gasteiger charge is -2.23. The van der Waals surface area contributed by atoms with E-state index in [1.54, 1.807) is 42.5 Å². The Morgan fingerprint density at radius 1 is 1.03 bits per heavy atom. The third-order valence-electron chi connectivity index (χ3n) is 5.91. The van der Waals surface area contributed by atoms with E-state index in [1.807, 2.05) is 48.7 Å². The maximum absolute atomic E-state index is 13.4. The number of hydrogen-bond acceptors (Lipinski definition) is 5. The van der Waals surface area contributed by atoms with Gasteiger partial charge in [-0.3, -0.25) is 9.10 Å². The smallest absolute Gasteiger partial charge is 0.264 e. The second-order valence-electron chi connectivity index (χ2n) is 8.46. The van der Waals surface area contributed by atoms with Gasteiger partial charge in [-0.25, -0.2) is 13.8 Å². The van der Waals surface area contributed by atoms with Crippen LogP contribution in [0.1, 0.15) is 17.0 Å². The van der Waals surface area contributed by atoms with Crippen molar-refractivity contribution in [1.29, 1.82) is 0 Å². The first kappa shape index (κ1) is 27.0.